The molecule has 0 atom stereocenters. The zero-order valence-corrected chi connectivity index (χ0v) is 19.5. The SMILES string of the molecule is CCCC[SH](C)(=O)c1sc2nc(-c3nccs3)cc(-c3cnc(C)n3C)c2c1N. The number of unbranched alkanes of at least 4 members (excludes halogenated alkanes) is 1. The summed E-state index contributed by atoms with van der Waals surface area (Å²) in [4.78, 5) is 14.5. The van der Waals surface area contributed by atoms with E-state index < -0.39 is 9.93 Å². The number of rotatable bonds is 6. The molecule has 0 spiro atoms. The molecule has 0 aromatic carbocycles. The van der Waals surface area contributed by atoms with Crippen LogP contribution in [-0.2, 0) is 17.0 Å². The number of hydrogen-bond donors (Lipinski definition) is 2. The molecule has 6 nitrogen and oxygen atoms in total. The molecule has 0 saturated carbocycles. The van der Waals surface area contributed by atoms with Crippen LogP contribution in [0.5, 0.6) is 0 Å². The van der Waals surface area contributed by atoms with Crippen LogP contribution in [0.4, 0.5) is 5.69 Å². The average Bonchev–Trinajstić information content (AvgIpc) is 3.41. The number of thiophene rings is 1. The Morgan fingerprint density at radius 1 is 1.31 bits per heavy atom. The first-order chi connectivity index (χ1) is 13.8. The largest absolute Gasteiger partial charge is 0.397 e. The van der Waals surface area contributed by atoms with Gasteiger partial charge < -0.3 is 10.3 Å². The number of nitrogens with zero attached hydrogens (tertiary/aromatic N) is 4. The van der Waals surface area contributed by atoms with Crippen LogP contribution < -0.4 is 5.73 Å². The molecule has 0 amide bonds. The lowest BCUT2D eigenvalue weighted by molar-refractivity contribution is 0.672. The molecule has 4 rings (SSSR count). The van der Waals surface area contributed by atoms with E-state index in [0.29, 0.717) is 11.4 Å². The molecule has 154 valence electrons. The summed E-state index contributed by atoms with van der Waals surface area (Å²) >= 11 is 3.01. The maximum Gasteiger partial charge on any atom is 0.141 e. The topological polar surface area (TPSA) is 86.7 Å². The Bertz CT molecular complexity index is 1220. The summed E-state index contributed by atoms with van der Waals surface area (Å²) in [5, 5.41) is 3.66. The molecule has 0 bridgehead atoms. The first-order valence-electron chi connectivity index (χ1n) is 9.52. The Labute approximate surface area is 179 Å². The fourth-order valence-corrected chi connectivity index (χ4v) is 7.94. The van der Waals surface area contributed by atoms with Crippen LogP contribution in [0.1, 0.15) is 25.6 Å². The van der Waals surface area contributed by atoms with E-state index in [-0.39, 0.29) is 0 Å². The summed E-state index contributed by atoms with van der Waals surface area (Å²) in [5.74, 6) is 1.58. The smallest absolute Gasteiger partial charge is 0.141 e. The van der Waals surface area contributed by atoms with Crippen LogP contribution in [-0.4, -0.2) is 35.7 Å². The van der Waals surface area contributed by atoms with Crippen molar-refractivity contribution in [3.05, 3.63) is 29.7 Å². The molecule has 29 heavy (non-hydrogen) atoms. The highest BCUT2D eigenvalue weighted by atomic mass is 32.3. The second-order valence-electron chi connectivity index (χ2n) is 7.32. The number of pyridine rings is 1. The summed E-state index contributed by atoms with van der Waals surface area (Å²) in [6.07, 6.45) is 7.41. The predicted octanol–water partition coefficient (Wildman–Crippen LogP) is 4.52. The molecule has 0 fully saturated rings. The van der Waals surface area contributed by atoms with Crippen molar-refractivity contribution in [3.8, 4) is 22.0 Å². The number of aromatic nitrogens is 4. The monoisotopic (exact) mass is 447 g/mol. The molecule has 0 unspecified atom stereocenters. The summed E-state index contributed by atoms with van der Waals surface area (Å²) in [5.41, 5.74) is 9.93. The molecule has 9 heteroatoms. The number of thiol groups is 1. The minimum atomic E-state index is -2.55. The highest BCUT2D eigenvalue weighted by molar-refractivity contribution is 8.04. The number of nitrogens with two attached hydrogens (primary N) is 1. The normalized spacial score (nSPS) is 12.7. The van der Waals surface area contributed by atoms with E-state index in [1.54, 1.807) is 17.5 Å². The zero-order chi connectivity index (χ0) is 20.8. The van der Waals surface area contributed by atoms with Gasteiger partial charge in [0, 0.05) is 35.3 Å². The van der Waals surface area contributed by atoms with E-state index in [2.05, 4.69) is 16.9 Å². The quantitative estimate of drug-likeness (QED) is 0.425. The van der Waals surface area contributed by atoms with Crippen molar-refractivity contribution in [1.82, 2.24) is 19.5 Å². The van der Waals surface area contributed by atoms with Crippen molar-refractivity contribution in [2.24, 2.45) is 7.05 Å². The first-order valence-corrected chi connectivity index (χ1v) is 13.6. The van der Waals surface area contributed by atoms with E-state index >= 15 is 0 Å². The fourth-order valence-electron chi connectivity index (χ4n) is 3.44. The summed E-state index contributed by atoms with van der Waals surface area (Å²) in [7, 11) is -0.558. The van der Waals surface area contributed by atoms with Crippen LogP contribution >= 0.6 is 22.7 Å². The van der Waals surface area contributed by atoms with Crippen LogP contribution in [0.3, 0.4) is 0 Å². The average molecular weight is 448 g/mol. The van der Waals surface area contributed by atoms with Gasteiger partial charge >= 0.3 is 0 Å². The van der Waals surface area contributed by atoms with Gasteiger partial charge in [-0.25, -0.2) is 15.0 Å². The molecule has 4 aromatic heterocycles. The van der Waals surface area contributed by atoms with E-state index in [1.807, 2.05) is 42.4 Å². The minimum absolute atomic E-state index is 0.596. The molecule has 4 heterocycles. The fraction of sp³-hybridized carbons (Fsp3) is 0.350. The first kappa shape index (κ1) is 20.2. The highest BCUT2D eigenvalue weighted by Crippen LogP contribution is 2.44. The van der Waals surface area contributed by atoms with Crippen LogP contribution in [0, 0.1) is 6.92 Å². The summed E-state index contributed by atoms with van der Waals surface area (Å²) in [6, 6.07) is 2.02. The van der Waals surface area contributed by atoms with E-state index in [0.717, 1.165) is 55.1 Å². The lowest BCUT2D eigenvalue weighted by atomic mass is 10.1. The van der Waals surface area contributed by atoms with Gasteiger partial charge in [-0.3, -0.25) is 4.21 Å². The number of hydrogen-bond acceptors (Lipinski definition) is 7. The molecular weight excluding hydrogens is 422 g/mol. The number of fused-ring (bicyclic) bond motifs is 1. The Kier molecular flexibility index (Phi) is 5.30. The van der Waals surface area contributed by atoms with Gasteiger partial charge in [0.25, 0.3) is 0 Å². The maximum absolute atomic E-state index is 13.5. The van der Waals surface area contributed by atoms with Crippen molar-refractivity contribution < 1.29 is 4.21 Å². The van der Waals surface area contributed by atoms with Gasteiger partial charge in [0.15, 0.2) is 0 Å². The van der Waals surface area contributed by atoms with E-state index in [4.69, 9.17) is 10.7 Å². The lowest BCUT2D eigenvalue weighted by Crippen LogP contribution is -2.14. The van der Waals surface area contributed by atoms with Crippen LogP contribution in [0.2, 0.25) is 0 Å². The third kappa shape index (κ3) is 3.51. The Morgan fingerprint density at radius 3 is 2.72 bits per heavy atom. The molecular formula is C20H25N5OS3. The highest BCUT2D eigenvalue weighted by Gasteiger charge is 2.25. The molecule has 0 radical (unpaired) electrons. The van der Waals surface area contributed by atoms with Gasteiger partial charge in [-0.15, -0.1) is 22.7 Å². The molecule has 2 N–H and O–H groups in total. The second-order valence-corrected chi connectivity index (χ2v) is 12.6. The van der Waals surface area contributed by atoms with Crippen molar-refractivity contribution in [2.45, 2.75) is 30.9 Å². The van der Waals surface area contributed by atoms with Crippen molar-refractivity contribution >= 4 is 48.5 Å². The van der Waals surface area contributed by atoms with Crippen molar-refractivity contribution in [2.75, 3.05) is 17.7 Å². The number of aryl methyl sites for hydroxylation is 1. The standard InChI is InChI=1S/C20H25N5OS3/c1-5-6-9-29(4,26)20-17(21)16-13(15-11-23-12(2)25(15)3)10-14(24-19(16)28-20)18-22-7-8-27-18/h7-8,10-11,29H,5-6,9,21H2,1-4H3. The number of nitrogen functional groups attached to an aromatic ring is 1. The predicted molar refractivity (Wildman–Crippen MR) is 126 cm³/mol. The molecule has 0 aliphatic heterocycles. The second kappa shape index (κ2) is 7.62. The molecule has 4 aromatic rings. The van der Waals surface area contributed by atoms with Gasteiger partial charge in [-0.1, -0.05) is 23.3 Å². The summed E-state index contributed by atoms with van der Waals surface area (Å²) < 4.78 is 16.3. The Morgan fingerprint density at radius 2 is 2.10 bits per heavy atom. The van der Waals surface area contributed by atoms with Crippen LogP contribution in [0.15, 0.2) is 28.0 Å². The third-order valence-corrected chi connectivity index (χ3v) is 10.6. The Balaban J connectivity index is 2.01. The number of imidazole rings is 1. The van der Waals surface area contributed by atoms with Gasteiger partial charge in [-0.05, 0) is 25.7 Å². The van der Waals surface area contributed by atoms with Gasteiger partial charge in [0.2, 0.25) is 0 Å². The molecule has 0 aliphatic rings. The number of anilines is 1. The maximum atomic E-state index is 13.5. The van der Waals surface area contributed by atoms with Gasteiger partial charge in [-0.2, -0.15) is 0 Å². The zero-order valence-electron chi connectivity index (χ0n) is 17.0. The summed E-state index contributed by atoms with van der Waals surface area (Å²) in [6.45, 7) is 4.08. The van der Waals surface area contributed by atoms with Gasteiger partial charge in [0.1, 0.15) is 21.4 Å². The minimum Gasteiger partial charge on any atom is -0.397 e. The molecule has 0 saturated heterocycles. The lowest BCUT2D eigenvalue weighted by Gasteiger charge is -2.17. The molecule has 0 aliphatic carbocycles. The van der Waals surface area contributed by atoms with Crippen molar-refractivity contribution in [3.63, 3.8) is 0 Å². The van der Waals surface area contributed by atoms with Gasteiger partial charge in [0.05, 0.1) is 21.8 Å². The Hall–Kier alpha value is -2.10. The van der Waals surface area contributed by atoms with Crippen molar-refractivity contribution in [1.29, 1.82) is 0 Å². The van der Waals surface area contributed by atoms with Crippen LogP contribution in [0.25, 0.3) is 32.2 Å². The third-order valence-electron chi connectivity index (χ3n) is 5.20. The van der Waals surface area contributed by atoms with E-state index in [1.165, 1.54) is 11.3 Å². The number of thiazole rings is 1. The van der Waals surface area contributed by atoms with E-state index in [9.17, 15) is 4.21 Å².